The topological polar surface area (TPSA) is 61.9 Å². The maximum absolute atomic E-state index is 14.7. The van der Waals surface area contributed by atoms with Gasteiger partial charge < -0.3 is 19.9 Å². The maximum Gasteiger partial charge on any atom is 0.223 e. The van der Waals surface area contributed by atoms with Gasteiger partial charge in [0.1, 0.15) is 5.82 Å². The molecule has 1 heterocycles. The molecule has 1 N–H and O–H groups in total. The molecule has 1 unspecified atom stereocenters. The number of morpholine rings is 1. The molecule has 2 rings (SSSR count). The van der Waals surface area contributed by atoms with Crippen LogP contribution in [-0.4, -0.2) is 51.2 Å². The van der Waals surface area contributed by atoms with Crippen molar-refractivity contribution in [1.29, 1.82) is 0 Å². The molecule has 0 aromatic heterocycles. The molecule has 0 radical (unpaired) electrons. The highest BCUT2D eigenvalue weighted by atomic mass is 19.1. The van der Waals surface area contributed by atoms with Gasteiger partial charge in [-0.15, -0.1) is 0 Å². The number of carbonyl (C=O) groups is 2. The number of ether oxygens (including phenoxy) is 1. The number of rotatable bonds is 8. The van der Waals surface area contributed by atoms with E-state index in [1.165, 1.54) is 19.9 Å². The largest absolute Gasteiger partial charge is 0.378 e. The Morgan fingerprint density at radius 2 is 1.90 bits per heavy atom. The van der Waals surface area contributed by atoms with Gasteiger partial charge in [-0.25, -0.2) is 4.39 Å². The number of carbonyl (C=O) groups excluding carboxylic acids is 2. The van der Waals surface area contributed by atoms with Crippen molar-refractivity contribution in [1.82, 2.24) is 5.32 Å². The third kappa shape index (κ3) is 8.01. The Kier molecular flexibility index (Phi) is 11.3. The second-order valence-corrected chi connectivity index (χ2v) is 6.96. The van der Waals surface area contributed by atoms with E-state index >= 15 is 0 Å². The zero-order valence-electron chi connectivity index (χ0n) is 18.5. The van der Waals surface area contributed by atoms with Crippen LogP contribution in [0.4, 0.5) is 15.8 Å². The van der Waals surface area contributed by atoms with Gasteiger partial charge in [-0.1, -0.05) is 27.2 Å². The van der Waals surface area contributed by atoms with Crippen LogP contribution in [0.15, 0.2) is 18.2 Å². The van der Waals surface area contributed by atoms with Crippen LogP contribution in [0, 0.1) is 11.7 Å². The van der Waals surface area contributed by atoms with Gasteiger partial charge in [-0.3, -0.25) is 9.59 Å². The van der Waals surface area contributed by atoms with E-state index in [1.54, 1.807) is 17.0 Å². The quantitative estimate of drug-likeness (QED) is 0.713. The second-order valence-electron chi connectivity index (χ2n) is 6.96. The van der Waals surface area contributed by atoms with E-state index in [1.807, 2.05) is 18.7 Å². The average molecular weight is 410 g/mol. The molecule has 0 bridgehead atoms. The number of benzene rings is 1. The summed E-state index contributed by atoms with van der Waals surface area (Å²) in [6.45, 7) is 12.5. The minimum atomic E-state index is -0.338. The zero-order chi connectivity index (χ0) is 21.8. The number of hydrogen-bond acceptors (Lipinski definition) is 4. The van der Waals surface area contributed by atoms with Gasteiger partial charge in [0.25, 0.3) is 0 Å². The molecule has 0 saturated carbocycles. The average Bonchev–Trinajstić information content (AvgIpc) is 2.71. The van der Waals surface area contributed by atoms with Crippen molar-refractivity contribution in [3.63, 3.8) is 0 Å². The minimum Gasteiger partial charge on any atom is -0.378 e. The Bertz CT molecular complexity index is 648. The number of amides is 2. The molecule has 1 fully saturated rings. The molecule has 164 valence electrons. The van der Waals surface area contributed by atoms with Gasteiger partial charge in [-0.2, -0.15) is 0 Å². The van der Waals surface area contributed by atoms with Crippen LogP contribution in [0.5, 0.6) is 0 Å². The normalized spacial score (nSPS) is 14.5. The smallest absolute Gasteiger partial charge is 0.223 e. The lowest BCUT2D eigenvalue weighted by molar-refractivity contribution is -0.119. The lowest BCUT2D eigenvalue weighted by Crippen LogP contribution is -2.39. The molecule has 1 aliphatic heterocycles. The van der Waals surface area contributed by atoms with Crippen molar-refractivity contribution in [3.05, 3.63) is 24.0 Å². The standard InChI is InChI=1S/C20H30FN3O3.C2H6/c1-4-5-17(13-22-15(2)25)14-24(16(3)26)18-6-7-20(19(21)12-18)23-8-10-27-11-9-23;1-2/h6-7,12,17H,4-5,8-11,13-14H2,1-3H3,(H,22,25);1-2H3. The third-order valence-electron chi connectivity index (χ3n) is 4.75. The molecule has 7 heteroatoms. The number of nitrogens with zero attached hydrogens (tertiary/aromatic N) is 2. The van der Waals surface area contributed by atoms with Crippen LogP contribution in [0.25, 0.3) is 0 Å². The van der Waals surface area contributed by atoms with Crippen molar-refractivity contribution in [3.8, 4) is 0 Å². The fourth-order valence-corrected chi connectivity index (χ4v) is 3.35. The van der Waals surface area contributed by atoms with E-state index in [4.69, 9.17) is 4.74 Å². The van der Waals surface area contributed by atoms with E-state index in [-0.39, 0.29) is 23.5 Å². The lowest BCUT2D eigenvalue weighted by Gasteiger charge is -2.30. The monoisotopic (exact) mass is 409 g/mol. The van der Waals surface area contributed by atoms with E-state index in [0.29, 0.717) is 50.8 Å². The predicted molar refractivity (Wildman–Crippen MR) is 116 cm³/mol. The van der Waals surface area contributed by atoms with Crippen LogP contribution in [0.2, 0.25) is 0 Å². The fourth-order valence-electron chi connectivity index (χ4n) is 3.35. The first-order valence-corrected chi connectivity index (χ1v) is 10.6. The number of nitrogens with one attached hydrogen (secondary N) is 1. The predicted octanol–water partition coefficient (Wildman–Crippen LogP) is 3.59. The molecule has 1 aliphatic rings. The molecule has 0 spiro atoms. The summed E-state index contributed by atoms with van der Waals surface area (Å²) in [4.78, 5) is 27.0. The molecular formula is C22H36FN3O3. The Labute approximate surface area is 174 Å². The first-order valence-electron chi connectivity index (χ1n) is 10.6. The summed E-state index contributed by atoms with van der Waals surface area (Å²) in [5, 5.41) is 2.82. The Morgan fingerprint density at radius 1 is 1.24 bits per heavy atom. The second kappa shape index (κ2) is 13.1. The number of anilines is 2. The highest BCUT2D eigenvalue weighted by Crippen LogP contribution is 2.27. The first-order chi connectivity index (χ1) is 13.9. The summed E-state index contributed by atoms with van der Waals surface area (Å²) in [6, 6.07) is 4.94. The van der Waals surface area contributed by atoms with Crippen LogP contribution in [-0.2, 0) is 14.3 Å². The Balaban J connectivity index is 0.00000204. The summed E-state index contributed by atoms with van der Waals surface area (Å²) in [6.07, 6.45) is 1.82. The van der Waals surface area contributed by atoms with Crippen molar-refractivity contribution in [2.24, 2.45) is 5.92 Å². The minimum absolute atomic E-state index is 0.0913. The molecule has 2 amide bonds. The first kappa shape index (κ1) is 24.9. The lowest BCUT2D eigenvalue weighted by atomic mass is 10.0. The van der Waals surface area contributed by atoms with Crippen molar-refractivity contribution in [2.45, 2.75) is 47.5 Å². The van der Waals surface area contributed by atoms with Gasteiger partial charge >= 0.3 is 0 Å². The molecule has 1 saturated heterocycles. The van der Waals surface area contributed by atoms with Gasteiger partial charge in [-0.05, 0) is 30.5 Å². The zero-order valence-corrected chi connectivity index (χ0v) is 18.5. The molecule has 29 heavy (non-hydrogen) atoms. The highest BCUT2D eigenvalue weighted by Gasteiger charge is 2.21. The van der Waals surface area contributed by atoms with Crippen molar-refractivity contribution in [2.75, 3.05) is 49.2 Å². The number of halogens is 1. The maximum atomic E-state index is 14.7. The fraction of sp³-hybridized carbons (Fsp3) is 0.636. The van der Waals surface area contributed by atoms with Crippen LogP contribution in [0.1, 0.15) is 47.5 Å². The molecule has 1 aromatic carbocycles. The Morgan fingerprint density at radius 3 is 2.41 bits per heavy atom. The molecule has 6 nitrogen and oxygen atoms in total. The summed E-state index contributed by atoms with van der Waals surface area (Å²) < 4.78 is 20.0. The molecule has 1 atom stereocenters. The summed E-state index contributed by atoms with van der Waals surface area (Å²) in [7, 11) is 0. The van der Waals surface area contributed by atoms with Crippen LogP contribution < -0.4 is 15.1 Å². The highest BCUT2D eigenvalue weighted by molar-refractivity contribution is 5.91. The van der Waals surface area contributed by atoms with E-state index < -0.39 is 0 Å². The van der Waals surface area contributed by atoms with E-state index in [0.717, 1.165) is 12.8 Å². The molecule has 0 aliphatic carbocycles. The van der Waals surface area contributed by atoms with Crippen molar-refractivity contribution >= 4 is 23.2 Å². The molecular weight excluding hydrogens is 373 g/mol. The summed E-state index contributed by atoms with van der Waals surface area (Å²) in [5.41, 5.74) is 1.08. The summed E-state index contributed by atoms with van der Waals surface area (Å²) in [5.74, 6) is -0.455. The van der Waals surface area contributed by atoms with E-state index in [2.05, 4.69) is 12.2 Å². The number of hydrogen-bond donors (Lipinski definition) is 1. The van der Waals surface area contributed by atoms with Crippen LogP contribution in [0.3, 0.4) is 0 Å². The van der Waals surface area contributed by atoms with Gasteiger partial charge in [0.05, 0.1) is 18.9 Å². The van der Waals surface area contributed by atoms with Gasteiger partial charge in [0, 0.05) is 45.7 Å². The van der Waals surface area contributed by atoms with Crippen LogP contribution >= 0.6 is 0 Å². The third-order valence-corrected chi connectivity index (χ3v) is 4.75. The molecule has 1 aromatic rings. The summed E-state index contributed by atoms with van der Waals surface area (Å²) >= 11 is 0. The van der Waals surface area contributed by atoms with Crippen molar-refractivity contribution < 1.29 is 18.7 Å². The SMILES string of the molecule is CC.CCCC(CNC(C)=O)CN(C(C)=O)c1ccc(N2CCOCC2)c(F)c1. The van der Waals surface area contributed by atoms with Gasteiger partial charge in [0.15, 0.2) is 0 Å². The van der Waals surface area contributed by atoms with E-state index in [9.17, 15) is 14.0 Å². The van der Waals surface area contributed by atoms with Gasteiger partial charge in [0.2, 0.25) is 11.8 Å². The Hall–Kier alpha value is -2.15.